The normalized spacial score (nSPS) is 18.0. The molecule has 10 heteroatoms. The fraction of sp³-hybridized carbons (Fsp3) is 0.500. The molecule has 1 aromatic carbocycles. The van der Waals surface area contributed by atoms with Crippen molar-refractivity contribution in [2.45, 2.75) is 44.7 Å². The van der Waals surface area contributed by atoms with Crippen LogP contribution in [0.1, 0.15) is 48.9 Å². The van der Waals surface area contributed by atoms with E-state index in [0.717, 1.165) is 25.1 Å². The highest BCUT2D eigenvalue weighted by Gasteiger charge is 2.35. The van der Waals surface area contributed by atoms with Crippen LogP contribution in [-0.4, -0.2) is 42.2 Å². The van der Waals surface area contributed by atoms with Crippen LogP contribution < -0.4 is 10.2 Å². The van der Waals surface area contributed by atoms with Crippen molar-refractivity contribution < 1.29 is 22.0 Å². The summed E-state index contributed by atoms with van der Waals surface area (Å²) in [5.41, 5.74) is -0.130. The van der Waals surface area contributed by atoms with Gasteiger partial charge in [-0.2, -0.15) is 13.2 Å². The summed E-state index contributed by atoms with van der Waals surface area (Å²) < 4.78 is 65.3. The summed E-state index contributed by atoms with van der Waals surface area (Å²) in [4.78, 5) is 10.5. The van der Waals surface area contributed by atoms with Crippen molar-refractivity contribution in [3.8, 4) is 0 Å². The van der Waals surface area contributed by atoms with Crippen molar-refractivity contribution in [2.75, 3.05) is 29.9 Å². The second-order valence-corrected chi connectivity index (χ2v) is 8.05. The molecule has 0 bridgehead atoms. The topological polar surface area (TPSA) is 64.9 Å². The largest absolute Gasteiger partial charge is 0.416 e. The number of anilines is 2. The van der Waals surface area contributed by atoms with E-state index in [-0.39, 0.29) is 23.3 Å². The fourth-order valence-corrected chi connectivity index (χ4v) is 4.23. The molecular weight excluding hydrogens is 429 g/mol. The number of halogens is 5. The Labute approximate surface area is 183 Å². The summed E-state index contributed by atoms with van der Waals surface area (Å²) in [5, 5.41) is 9.91. The Balaban J connectivity index is 1.72. The van der Waals surface area contributed by atoms with Crippen molar-refractivity contribution in [1.29, 1.82) is 5.41 Å². The highest BCUT2D eigenvalue weighted by atomic mass is 19.4. The van der Waals surface area contributed by atoms with Crippen molar-refractivity contribution >= 4 is 17.9 Å². The molecule has 2 atom stereocenters. The molecule has 0 saturated carbocycles. The molecule has 174 valence electrons. The minimum Gasteiger partial charge on any atom is -0.362 e. The lowest BCUT2D eigenvalue weighted by molar-refractivity contribution is -0.138. The zero-order valence-electron chi connectivity index (χ0n) is 17.7. The Bertz CT molecular complexity index is 918. The molecule has 2 unspecified atom stereocenters. The van der Waals surface area contributed by atoms with E-state index in [0.29, 0.717) is 30.9 Å². The van der Waals surface area contributed by atoms with Gasteiger partial charge >= 0.3 is 6.18 Å². The van der Waals surface area contributed by atoms with Crippen LogP contribution in [0.25, 0.3) is 0 Å². The van der Waals surface area contributed by atoms with Gasteiger partial charge in [0.05, 0.1) is 18.3 Å². The monoisotopic (exact) mass is 455 g/mol. The number of nitrogens with zero attached hydrogens (tertiary/aromatic N) is 3. The second kappa shape index (κ2) is 10.2. The van der Waals surface area contributed by atoms with Crippen molar-refractivity contribution in [3.05, 3.63) is 47.3 Å². The molecule has 0 spiro atoms. The number of alkyl halides is 5. The molecular formula is C22H26F5N5. The lowest BCUT2D eigenvalue weighted by atomic mass is 9.84. The predicted molar refractivity (Wildman–Crippen MR) is 114 cm³/mol. The third kappa shape index (κ3) is 5.92. The molecule has 1 saturated heterocycles. The molecule has 0 aliphatic carbocycles. The molecule has 1 aliphatic rings. The summed E-state index contributed by atoms with van der Waals surface area (Å²) in [6.07, 6.45) is -2.20. The number of piperidine rings is 1. The first kappa shape index (κ1) is 23.9. The third-order valence-electron chi connectivity index (χ3n) is 5.68. The third-order valence-corrected chi connectivity index (χ3v) is 5.68. The van der Waals surface area contributed by atoms with E-state index >= 15 is 0 Å². The number of hydrogen-bond donors (Lipinski definition) is 2. The Morgan fingerprint density at radius 3 is 2.72 bits per heavy atom. The van der Waals surface area contributed by atoms with Crippen molar-refractivity contribution in [3.63, 3.8) is 0 Å². The van der Waals surface area contributed by atoms with Gasteiger partial charge in [0.2, 0.25) is 0 Å². The van der Waals surface area contributed by atoms with E-state index in [1.807, 2.05) is 11.8 Å². The average molecular weight is 455 g/mol. The maximum absolute atomic E-state index is 13.4. The molecule has 32 heavy (non-hydrogen) atoms. The second-order valence-electron chi connectivity index (χ2n) is 8.05. The van der Waals surface area contributed by atoms with Gasteiger partial charge in [-0.15, -0.1) is 0 Å². The van der Waals surface area contributed by atoms with Gasteiger partial charge in [0.1, 0.15) is 11.5 Å². The smallest absolute Gasteiger partial charge is 0.362 e. The molecule has 1 aromatic heterocycles. The number of benzene rings is 1. The minimum absolute atomic E-state index is 0.118. The summed E-state index contributed by atoms with van der Waals surface area (Å²) in [5.74, 6) is 0.502. The molecule has 2 N–H and O–H groups in total. The van der Waals surface area contributed by atoms with Gasteiger partial charge in [0.15, 0.2) is 5.82 Å². The van der Waals surface area contributed by atoms with Crippen LogP contribution in [0.15, 0.2) is 30.5 Å². The zero-order chi connectivity index (χ0) is 23.3. The lowest BCUT2D eigenvalue weighted by Crippen LogP contribution is -2.36. The molecule has 5 nitrogen and oxygen atoms in total. The van der Waals surface area contributed by atoms with Gasteiger partial charge in [-0.1, -0.05) is 25.1 Å². The Kier molecular flexibility index (Phi) is 7.63. The quantitative estimate of drug-likeness (QED) is 0.403. The Morgan fingerprint density at radius 1 is 1.28 bits per heavy atom. The minimum atomic E-state index is -4.39. The number of rotatable bonds is 8. The van der Waals surface area contributed by atoms with Crippen LogP contribution in [0, 0.1) is 11.3 Å². The van der Waals surface area contributed by atoms with Crippen molar-refractivity contribution in [1.82, 2.24) is 9.97 Å². The summed E-state index contributed by atoms with van der Waals surface area (Å²) >= 11 is 0. The van der Waals surface area contributed by atoms with Crippen molar-refractivity contribution in [2.24, 2.45) is 5.92 Å². The van der Waals surface area contributed by atoms with Gasteiger partial charge < -0.3 is 15.6 Å². The predicted octanol–water partition coefficient (Wildman–Crippen LogP) is 5.58. The van der Waals surface area contributed by atoms with Gasteiger partial charge in [-0.25, -0.2) is 18.7 Å². The van der Waals surface area contributed by atoms with Crippen LogP contribution >= 0.6 is 0 Å². The highest BCUT2D eigenvalue weighted by Crippen LogP contribution is 2.38. The average Bonchev–Trinajstić information content (AvgIpc) is 2.77. The molecule has 2 heterocycles. The number of aromatic nitrogens is 2. The summed E-state index contributed by atoms with van der Waals surface area (Å²) in [6, 6.07) is 5.68. The molecule has 3 rings (SSSR count). The van der Waals surface area contributed by atoms with Crippen LogP contribution in [-0.2, 0) is 6.18 Å². The molecule has 1 aliphatic heterocycles. The van der Waals surface area contributed by atoms with Crippen LogP contribution in [0.4, 0.5) is 33.6 Å². The van der Waals surface area contributed by atoms with Gasteiger partial charge in [-0.3, -0.25) is 0 Å². The van der Waals surface area contributed by atoms with Crippen LogP contribution in [0.3, 0.4) is 0 Å². The van der Waals surface area contributed by atoms with Crippen LogP contribution in [0.5, 0.6) is 0 Å². The highest BCUT2D eigenvalue weighted by molar-refractivity contribution is 5.81. The Morgan fingerprint density at radius 2 is 2.03 bits per heavy atom. The number of nitrogens with one attached hydrogen (secondary N) is 2. The molecule has 0 radical (unpaired) electrons. The zero-order valence-corrected chi connectivity index (χ0v) is 17.7. The van der Waals surface area contributed by atoms with Gasteiger partial charge in [-0.05, 0) is 42.7 Å². The first-order valence-electron chi connectivity index (χ1n) is 10.5. The summed E-state index contributed by atoms with van der Waals surface area (Å²) in [6.45, 7) is 2.49. The fourth-order valence-electron chi connectivity index (χ4n) is 4.23. The van der Waals surface area contributed by atoms with E-state index in [4.69, 9.17) is 5.41 Å². The summed E-state index contributed by atoms with van der Waals surface area (Å²) in [7, 11) is 0. The number of hydrogen-bond acceptors (Lipinski definition) is 5. The Hall–Kier alpha value is -2.78. The van der Waals surface area contributed by atoms with E-state index in [2.05, 4.69) is 15.3 Å². The van der Waals surface area contributed by atoms with Crippen LogP contribution in [0.2, 0.25) is 0 Å². The maximum Gasteiger partial charge on any atom is 0.416 e. The van der Waals surface area contributed by atoms with E-state index in [9.17, 15) is 22.0 Å². The van der Waals surface area contributed by atoms with Gasteiger partial charge in [0.25, 0.3) is 6.43 Å². The van der Waals surface area contributed by atoms with Gasteiger partial charge in [0, 0.05) is 19.3 Å². The SMILES string of the molecule is CC(CC1CCCN(c2cnc(C=N)c(NCC(F)F)n2)C1)c1ccccc1C(F)(F)F. The van der Waals surface area contributed by atoms with E-state index in [1.54, 1.807) is 6.07 Å². The van der Waals surface area contributed by atoms with E-state index < -0.39 is 24.7 Å². The molecule has 1 fully saturated rings. The standard InChI is InChI=1S/C22H26F5N5/c1-14(16-6-2-3-7-17(16)22(25,26)27)9-15-5-4-8-32(13-15)20-12-29-18(10-28)21(31-20)30-11-19(23)24/h2-3,6-7,10,12,14-15,19,28H,4-5,8-9,11,13H2,1H3,(H,30,31). The maximum atomic E-state index is 13.4. The van der Waals surface area contributed by atoms with E-state index in [1.165, 1.54) is 18.3 Å². The first-order valence-corrected chi connectivity index (χ1v) is 10.5. The first-order chi connectivity index (χ1) is 15.2. The lowest BCUT2D eigenvalue weighted by Gasteiger charge is -2.35. The molecule has 2 aromatic rings. The molecule has 0 amide bonds.